The van der Waals surface area contributed by atoms with Gasteiger partial charge in [0.25, 0.3) is 0 Å². The topological polar surface area (TPSA) is 52.3 Å². The molecule has 17 heavy (non-hydrogen) atoms. The van der Waals surface area contributed by atoms with Gasteiger partial charge >= 0.3 is 5.97 Å². The van der Waals surface area contributed by atoms with E-state index < -0.39 is 5.41 Å². The molecule has 0 aromatic heterocycles. The summed E-state index contributed by atoms with van der Waals surface area (Å²) in [5.41, 5.74) is 5.39. The van der Waals surface area contributed by atoms with Gasteiger partial charge in [0, 0.05) is 6.54 Å². The van der Waals surface area contributed by atoms with Crippen LogP contribution in [0.2, 0.25) is 0 Å². The van der Waals surface area contributed by atoms with E-state index in [4.69, 9.17) is 10.5 Å². The normalized spacial score (nSPS) is 15.1. The average molecular weight is 243 g/mol. The van der Waals surface area contributed by atoms with Crippen LogP contribution in [-0.2, 0) is 9.53 Å². The molecule has 0 spiro atoms. The third-order valence-electron chi connectivity index (χ3n) is 3.96. The van der Waals surface area contributed by atoms with Crippen molar-refractivity contribution in [2.24, 2.45) is 23.0 Å². The molecule has 0 aromatic rings. The predicted molar refractivity (Wildman–Crippen MR) is 71.6 cm³/mol. The van der Waals surface area contributed by atoms with Crippen LogP contribution in [0, 0.1) is 17.3 Å². The summed E-state index contributed by atoms with van der Waals surface area (Å²) in [6, 6.07) is 0. The van der Waals surface area contributed by atoms with Crippen LogP contribution in [0.4, 0.5) is 0 Å². The Hall–Kier alpha value is -0.570. The maximum absolute atomic E-state index is 12.2. The van der Waals surface area contributed by atoms with E-state index in [0.717, 1.165) is 19.3 Å². The van der Waals surface area contributed by atoms with E-state index in [0.29, 0.717) is 19.1 Å². The molecule has 0 bridgehead atoms. The SMILES string of the molecule is CCOC(=O)C(CN)(CC(CC)CC)C(C)C. The maximum Gasteiger partial charge on any atom is 0.313 e. The molecule has 0 aromatic carbocycles. The lowest BCUT2D eigenvalue weighted by atomic mass is 9.70. The summed E-state index contributed by atoms with van der Waals surface area (Å²) >= 11 is 0. The van der Waals surface area contributed by atoms with Gasteiger partial charge in [0.1, 0.15) is 0 Å². The van der Waals surface area contributed by atoms with Gasteiger partial charge in [0.2, 0.25) is 0 Å². The van der Waals surface area contributed by atoms with Crippen molar-refractivity contribution in [2.75, 3.05) is 13.2 Å². The summed E-state index contributed by atoms with van der Waals surface area (Å²) < 4.78 is 5.23. The fourth-order valence-corrected chi connectivity index (χ4v) is 2.32. The van der Waals surface area contributed by atoms with Crippen LogP contribution >= 0.6 is 0 Å². The first kappa shape index (κ1) is 16.4. The van der Waals surface area contributed by atoms with Crippen LogP contribution in [0.25, 0.3) is 0 Å². The van der Waals surface area contributed by atoms with Crippen molar-refractivity contribution in [3.8, 4) is 0 Å². The van der Waals surface area contributed by atoms with Gasteiger partial charge in [-0.05, 0) is 25.2 Å². The summed E-state index contributed by atoms with van der Waals surface area (Å²) in [6.45, 7) is 11.1. The highest BCUT2D eigenvalue weighted by Gasteiger charge is 2.42. The molecular weight excluding hydrogens is 214 g/mol. The van der Waals surface area contributed by atoms with Crippen LogP contribution in [0.1, 0.15) is 53.9 Å². The van der Waals surface area contributed by atoms with Gasteiger partial charge in [-0.15, -0.1) is 0 Å². The van der Waals surface area contributed by atoms with Crippen molar-refractivity contribution in [1.82, 2.24) is 0 Å². The van der Waals surface area contributed by atoms with Gasteiger partial charge in [0.15, 0.2) is 0 Å². The molecule has 0 saturated carbocycles. The minimum Gasteiger partial charge on any atom is -0.466 e. The molecule has 0 heterocycles. The molecule has 0 aliphatic carbocycles. The van der Waals surface area contributed by atoms with E-state index in [1.54, 1.807) is 0 Å². The van der Waals surface area contributed by atoms with E-state index in [1.165, 1.54) is 0 Å². The molecule has 0 aliphatic rings. The fraction of sp³-hybridized carbons (Fsp3) is 0.929. The highest BCUT2D eigenvalue weighted by molar-refractivity contribution is 5.77. The number of hydrogen-bond acceptors (Lipinski definition) is 3. The minimum absolute atomic E-state index is 0.121. The van der Waals surface area contributed by atoms with E-state index >= 15 is 0 Å². The molecule has 3 nitrogen and oxygen atoms in total. The fourth-order valence-electron chi connectivity index (χ4n) is 2.32. The zero-order valence-corrected chi connectivity index (χ0v) is 12.1. The molecule has 0 fully saturated rings. The Balaban J connectivity index is 5.00. The monoisotopic (exact) mass is 243 g/mol. The Kier molecular flexibility index (Phi) is 7.44. The molecule has 0 radical (unpaired) electrons. The summed E-state index contributed by atoms with van der Waals surface area (Å²) in [6.07, 6.45) is 3.02. The molecule has 1 atom stereocenters. The second kappa shape index (κ2) is 7.70. The van der Waals surface area contributed by atoms with Gasteiger partial charge < -0.3 is 10.5 Å². The molecule has 102 valence electrons. The average Bonchev–Trinajstić information content (AvgIpc) is 2.31. The van der Waals surface area contributed by atoms with Crippen molar-refractivity contribution in [2.45, 2.75) is 53.9 Å². The standard InChI is InChI=1S/C14H29NO2/c1-6-12(7-2)9-14(10-15,11(4)5)13(16)17-8-3/h11-12H,6-10,15H2,1-5H3. The summed E-state index contributed by atoms with van der Waals surface area (Å²) in [5, 5.41) is 0. The van der Waals surface area contributed by atoms with Crippen molar-refractivity contribution in [3.63, 3.8) is 0 Å². The first-order valence-electron chi connectivity index (χ1n) is 6.85. The highest BCUT2D eigenvalue weighted by atomic mass is 16.5. The quantitative estimate of drug-likeness (QED) is 0.667. The Bertz CT molecular complexity index is 224. The summed E-state index contributed by atoms with van der Waals surface area (Å²) in [4.78, 5) is 12.2. The Morgan fingerprint density at radius 3 is 2.06 bits per heavy atom. The summed E-state index contributed by atoms with van der Waals surface area (Å²) in [7, 11) is 0. The van der Waals surface area contributed by atoms with Crippen LogP contribution in [0.15, 0.2) is 0 Å². The molecule has 0 rings (SSSR count). The van der Waals surface area contributed by atoms with E-state index in [9.17, 15) is 4.79 Å². The number of ether oxygens (including phenoxy) is 1. The lowest BCUT2D eigenvalue weighted by Crippen LogP contribution is -2.45. The second-order valence-corrected chi connectivity index (χ2v) is 5.12. The van der Waals surface area contributed by atoms with Gasteiger partial charge in [-0.2, -0.15) is 0 Å². The lowest BCUT2D eigenvalue weighted by Gasteiger charge is -2.36. The number of rotatable bonds is 8. The van der Waals surface area contributed by atoms with Crippen LogP contribution in [-0.4, -0.2) is 19.1 Å². The number of nitrogens with two attached hydrogens (primary N) is 1. The number of esters is 1. The van der Waals surface area contributed by atoms with Crippen LogP contribution < -0.4 is 5.73 Å². The van der Waals surface area contributed by atoms with Gasteiger partial charge in [-0.1, -0.05) is 40.5 Å². The number of carbonyl (C=O) groups excluding carboxylic acids is 1. The zero-order valence-electron chi connectivity index (χ0n) is 12.1. The Labute approximate surface area is 106 Å². The third-order valence-corrected chi connectivity index (χ3v) is 3.96. The molecule has 2 N–H and O–H groups in total. The zero-order chi connectivity index (χ0) is 13.5. The highest BCUT2D eigenvalue weighted by Crippen LogP contribution is 2.37. The van der Waals surface area contributed by atoms with Gasteiger partial charge in [-0.3, -0.25) is 4.79 Å². The van der Waals surface area contributed by atoms with Crippen molar-refractivity contribution < 1.29 is 9.53 Å². The van der Waals surface area contributed by atoms with Gasteiger partial charge in [-0.25, -0.2) is 0 Å². The number of hydrogen-bond donors (Lipinski definition) is 1. The predicted octanol–water partition coefficient (Wildman–Crippen LogP) is 2.98. The molecule has 1 unspecified atom stereocenters. The largest absolute Gasteiger partial charge is 0.466 e. The van der Waals surface area contributed by atoms with E-state index in [1.807, 2.05) is 6.92 Å². The first-order chi connectivity index (χ1) is 7.98. The third kappa shape index (κ3) is 3.98. The van der Waals surface area contributed by atoms with Crippen molar-refractivity contribution in [1.29, 1.82) is 0 Å². The molecule has 0 aliphatic heterocycles. The molecular formula is C14H29NO2. The molecule has 0 amide bonds. The molecule has 3 heteroatoms. The Morgan fingerprint density at radius 1 is 1.24 bits per heavy atom. The maximum atomic E-state index is 12.2. The first-order valence-corrected chi connectivity index (χ1v) is 6.85. The van der Waals surface area contributed by atoms with Crippen LogP contribution in [0.5, 0.6) is 0 Å². The minimum atomic E-state index is -0.507. The van der Waals surface area contributed by atoms with Crippen LogP contribution in [0.3, 0.4) is 0 Å². The van der Waals surface area contributed by atoms with E-state index in [2.05, 4.69) is 27.7 Å². The van der Waals surface area contributed by atoms with Crippen molar-refractivity contribution >= 4 is 5.97 Å². The lowest BCUT2D eigenvalue weighted by molar-refractivity contribution is -0.159. The van der Waals surface area contributed by atoms with Gasteiger partial charge in [0.05, 0.1) is 12.0 Å². The summed E-state index contributed by atoms with van der Waals surface area (Å²) in [5.74, 6) is 0.641. The van der Waals surface area contributed by atoms with Crippen molar-refractivity contribution in [3.05, 3.63) is 0 Å². The second-order valence-electron chi connectivity index (χ2n) is 5.12. The Morgan fingerprint density at radius 2 is 1.76 bits per heavy atom. The molecule has 0 saturated heterocycles. The smallest absolute Gasteiger partial charge is 0.313 e. The number of carbonyl (C=O) groups is 1. The van der Waals surface area contributed by atoms with E-state index in [-0.39, 0.29) is 11.9 Å².